The maximum atomic E-state index is 9.36. The largest absolute Gasteiger partial charge is 0.389 e. The van der Waals surface area contributed by atoms with Gasteiger partial charge >= 0.3 is 0 Å². The summed E-state index contributed by atoms with van der Waals surface area (Å²) in [4.78, 5) is 0. The van der Waals surface area contributed by atoms with Gasteiger partial charge in [0.15, 0.2) is 0 Å². The summed E-state index contributed by atoms with van der Waals surface area (Å²) in [7, 11) is 0. The number of allylic oxidation sites excluding steroid dienone is 1. The third kappa shape index (κ3) is 1.48. The van der Waals surface area contributed by atoms with E-state index < -0.39 is 0 Å². The van der Waals surface area contributed by atoms with E-state index in [4.69, 9.17) is 0 Å². The summed E-state index contributed by atoms with van der Waals surface area (Å²) in [6, 6.07) is 0. The molecule has 2 rings (SSSR count). The second-order valence-electron chi connectivity index (χ2n) is 3.90. The first-order valence-corrected chi connectivity index (χ1v) is 4.72. The zero-order valence-electron chi connectivity index (χ0n) is 6.87. The van der Waals surface area contributed by atoms with Crippen LogP contribution in [0.3, 0.4) is 0 Å². The van der Waals surface area contributed by atoms with E-state index in [0.717, 1.165) is 18.3 Å². The van der Waals surface area contributed by atoms with E-state index >= 15 is 0 Å². The Morgan fingerprint density at radius 1 is 1.09 bits per heavy atom. The Morgan fingerprint density at radius 3 is 2.82 bits per heavy atom. The fraction of sp³-hybridized carbons (Fsp3) is 0.800. The van der Waals surface area contributed by atoms with Crippen LogP contribution in [0.2, 0.25) is 0 Å². The Bertz CT molecular complexity index is 162. The fourth-order valence-corrected chi connectivity index (χ4v) is 2.44. The maximum absolute atomic E-state index is 9.36. The monoisotopic (exact) mass is 152 g/mol. The number of aliphatic hydroxyl groups is 1. The third-order valence-corrected chi connectivity index (χ3v) is 3.09. The zero-order chi connectivity index (χ0) is 7.68. The van der Waals surface area contributed by atoms with Gasteiger partial charge in [0.2, 0.25) is 0 Å². The minimum Gasteiger partial charge on any atom is -0.389 e. The van der Waals surface area contributed by atoms with E-state index in [1.54, 1.807) is 0 Å². The van der Waals surface area contributed by atoms with Gasteiger partial charge in [-0.15, -0.1) is 0 Å². The highest BCUT2D eigenvalue weighted by atomic mass is 16.3. The summed E-state index contributed by atoms with van der Waals surface area (Å²) >= 11 is 0. The number of fused-ring (bicyclic) bond motifs is 1. The smallest absolute Gasteiger partial charge is 0.0723 e. The summed E-state index contributed by atoms with van der Waals surface area (Å²) in [6.45, 7) is 0. The molecule has 0 aromatic carbocycles. The lowest BCUT2D eigenvalue weighted by Crippen LogP contribution is -2.26. The van der Waals surface area contributed by atoms with Crippen molar-refractivity contribution in [3.63, 3.8) is 0 Å². The predicted octanol–water partition coefficient (Wildman–Crippen LogP) is 2.11. The van der Waals surface area contributed by atoms with E-state index in [2.05, 4.69) is 6.08 Å². The Kier molecular flexibility index (Phi) is 1.99. The summed E-state index contributed by atoms with van der Waals surface area (Å²) in [5.74, 6) is 1.59. The average Bonchev–Trinajstić information content (AvgIpc) is 2.04. The van der Waals surface area contributed by atoms with Gasteiger partial charge < -0.3 is 5.11 Å². The summed E-state index contributed by atoms with van der Waals surface area (Å²) in [6.07, 6.45) is 10.5. The summed E-state index contributed by atoms with van der Waals surface area (Å²) in [5, 5.41) is 9.36. The van der Waals surface area contributed by atoms with Crippen LogP contribution in [0.5, 0.6) is 0 Å². The Balaban J connectivity index is 2.05. The highest BCUT2D eigenvalue weighted by Gasteiger charge is 2.27. The van der Waals surface area contributed by atoms with Crippen molar-refractivity contribution in [3.8, 4) is 0 Å². The first kappa shape index (κ1) is 7.35. The van der Waals surface area contributed by atoms with E-state index in [9.17, 15) is 5.11 Å². The van der Waals surface area contributed by atoms with Crippen LogP contribution in [0.1, 0.15) is 32.1 Å². The van der Waals surface area contributed by atoms with Crippen LogP contribution in [0.25, 0.3) is 0 Å². The van der Waals surface area contributed by atoms with Crippen molar-refractivity contribution in [2.75, 3.05) is 0 Å². The van der Waals surface area contributed by atoms with Crippen LogP contribution in [0, 0.1) is 11.8 Å². The fourth-order valence-electron chi connectivity index (χ4n) is 2.44. The van der Waals surface area contributed by atoms with E-state index in [1.165, 1.54) is 25.7 Å². The lowest BCUT2D eigenvalue weighted by molar-refractivity contribution is 0.137. The third-order valence-electron chi connectivity index (χ3n) is 3.09. The lowest BCUT2D eigenvalue weighted by Gasteiger charge is -2.33. The molecule has 3 unspecified atom stereocenters. The van der Waals surface area contributed by atoms with Crippen LogP contribution in [0.4, 0.5) is 0 Å². The quantitative estimate of drug-likeness (QED) is 0.527. The van der Waals surface area contributed by atoms with Gasteiger partial charge in [-0.3, -0.25) is 0 Å². The van der Waals surface area contributed by atoms with Crippen LogP contribution in [0.15, 0.2) is 12.2 Å². The van der Waals surface area contributed by atoms with Crippen molar-refractivity contribution in [2.24, 2.45) is 11.8 Å². The van der Waals surface area contributed by atoms with Crippen molar-refractivity contribution >= 4 is 0 Å². The van der Waals surface area contributed by atoms with Crippen molar-refractivity contribution in [1.29, 1.82) is 0 Å². The minimum atomic E-state index is -0.144. The van der Waals surface area contributed by atoms with E-state index in [1.807, 2.05) is 6.08 Å². The molecule has 0 saturated heterocycles. The van der Waals surface area contributed by atoms with E-state index in [0.29, 0.717) is 0 Å². The van der Waals surface area contributed by atoms with Crippen LogP contribution < -0.4 is 0 Å². The van der Waals surface area contributed by atoms with E-state index in [-0.39, 0.29) is 6.10 Å². The first-order valence-electron chi connectivity index (χ1n) is 4.72. The van der Waals surface area contributed by atoms with Gasteiger partial charge in [0.1, 0.15) is 0 Å². The van der Waals surface area contributed by atoms with Crippen molar-refractivity contribution < 1.29 is 5.11 Å². The van der Waals surface area contributed by atoms with Gasteiger partial charge in [0.25, 0.3) is 0 Å². The predicted molar refractivity (Wildman–Crippen MR) is 45.2 cm³/mol. The molecule has 0 amide bonds. The second-order valence-corrected chi connectivity index (χ2v) is 3.90. The molecule has 0 aromatic heterocycles. The van der Waals surface area contributed by atoms with Gasteiger partial charge in [-0.1, -0.05) is 25.0 Å². The molecule has 0 aliphatic heterocycles. The molecule has 2 aliphatic rings. The van der Waals surface area contributed by atoms with Crippen molar-refractivity contribution in [3.05, 3.63) is 12.2 Å². The summed E-state index contributed by atoms with van der Waals surface area (Å²) in [5.41, 5.74) is 0. The molecule has 1 heteroatoms. The molecule has 0 aromatic rings. The van der Waals surface area contributed by atoms with Gasteiger partial charge in [0.05, 0.1) is 6.10 Å². The molecule has 11 heavy (non-hydrogen) atoms. The molecular weight excluding hydrogens is 136 g/mol. The first-order chi connectivity index (χ1) is 5.36. The maximum Gasteiger partial charge on any atom is 0.0723 e. The number of hydrogen-bond acceptors (Lipinski definition) is 1. The highest BCUT2D eigenvalue weighted by Crippen LogP contribution is 2.36. The standard InChI is InChI=1S/C10H16O/c11-10-6-5-8-3-1-2-4-9(8)7-10/h5-6,8-11H,1-4,7H2. The molecule has 0 radical (unpaired) electrons. The second kappa shape index (κ2) is 2.98. The SMILES string of the molecule is OC1C=CC2CCCCC2C1. The Hall–Kier alpha value is -0.300. The molecule has 2 aliphatic carbocycles. The Morgan fingerprint density at radius 2 is 1.91 bits per heavy atom. The molecule has 0 spiro atoms. The number of hydrogen-bond donors (Lipinski definition) is 1. The van der Waals surface area contributed by atoms with Crippen molar-refractivity contribution in [1.82, 2.24) is 0 Å². The zero-order valence-corrected chi connectivity index (χ0v) is 6.87. The topological polar surface area (TPSA) is 20.2 Å². The molecule has 1 nitrogen and oxygen atoms in total. The molecular formula is C10H16O. The molecule has 0 heterocycles. The molecule has 62 valence electrons. The minimum absolute atomic E-state index is 0.144. The molecule has 1 saturated carbocycles. The molecule has 1 fully saturated rings. The average molecular weight is 152 g/mol. The molecule has 0 bridgehead atoms. The van der Waals surface area contributed by atoms with Crippen LogP contribution >= 0.6 is 0 Å². The van der Waals surface area contributed by atoms with Gasteiger partial charge in [0, 0.05) is 0 Å². The molecule has 1 N–H and O–H groups in total. The van der Waals surface area contributed by atoms with Crippen LogP contribution in [-0.2, 0) is 0 Å². The molecule has 3 atom stereocenters. The van der Waals surface area contributed by atoms with Crippen molar-refractivity contribution in [2.45, 2.75) is 38.2 Å². The lowest BCUT2D eigenvalue weighted by atomic mass is 9.73. The van der Waals surface area contributed by atoms with Crippen LogP contribution in [-0.4, -0.2) is 11.2 Å². The number of aliphatic hydroxyl groups excluding tert-OH is 1. The normalized spacial score (nSPS) is 43.5. The van der Waals surface area contributed by atoms with Gasteiger partial charge in [-0.25, -0.2) is 0 Å². The van der Waals surface area contributed by atoms with Gasteiger partial charge in [-0.05, 0) is 31.1 Å². The van der Waals surface area contributed by atoms with Gasteiger partial charge in [-0.2, -0.15) is 0 Å². The number of rotatable bonds is 0. The highest BCUT2D eigenvalue weighted by molar-refractivity contribution is 5.02. The Labute approximate surface area is 68.1 Å². The summed E-state index contributed by atoms with van der Waals surface area (Å²) < 4.78 is 0.